The van der Waals surface area contributed by atoms with E-state index in [0.29, 0.717) is 26.4 Å². The maximum absolute atomic E-state index is 11.9. The molecule has 1 aromatic rings. The summed E-state index contributed by atoms with van der Waals surface area (Å²) in [6.45, 7) is 4.56. The molecule has 1 heterocycles. The van der Waals surface area contributed by atoms with Crippen LogP contribution in [0.25, 0.3) is 0 Å². The summed E-state index contributed by atoms with van der Waals surface area (Å²) in [5, 5.41) is 2.93. The summed E-state index contributed by atoms with van der Waals surface area (Å²) in [6.07, 6.45) is 2.68. The minimum absolute atomic E-state index is 0.104. The third-order valence-electron chi connectivity index (χ3n) is 3.59. The molecule has 1 saturated heterocycles. The molecule has 0 spiro atoms. The van der Waals surface area contributed by atoms with Crippen molar-refractivity contribution >= 4 is 5.91 Å². The van der Waals surface area contributed by atoms with Crippen molar-refractivity contribution in [3.63, 3.8) is 0 Å². The van der Waals surface area contributed by atoms with Gasteiger partial charge in [0.25, 0.3) is 0 Å². The number of hydrogen-bond acceptors (Lipinski definition) is 3. The van der Waals surface area contributed by atoms with Crippen LogP contribution < -0.4 is 10.1 Å². The van der Waals surface area contributed by atoms with E-state index in [0.717, 1.165) is 25.0 Å². The van der Waals surface area contributed by atoms with Gasteiger partial charge in [-0.25, -0.2) is 0 Å². The van der Waals surface area contributed by atoms with Gasteiger partial charge in [0.2, 0.25) is 5.91 Å². The van der Waals surface area contributed by atoms with Crippen LogP contribution in [0.2, 0.25) is 0 Å². The summed E-state index contributed by atoms with van der Waals surface area (Å²) in [7, 11) is 0. The molecule has 0 aromatic heterocycles. The first-order valence-corrected chi connectivity index (χ1v) is 7.37. The van der Waals surface area contributed by atoms with Gasteiger partial charge >= 0.3 is 0 Å². The topological polar surface area (TPSA) is 47.6 Å². The lowest BCUT2D eigenvalue weighted by molar-refractivity contribution is -0.127. The van der Waals surface area contributed by atoms with Crippen LogP contribution in [0, 0.1) is 5.92 Å². The molecule has 2 rings (SSSR count). The molecule has 1 aliphatic rings. The number of aryl methyl sites for hydroxylation is 1. The van der Waals surface area contributed by atoms with Gasteiger partial charge in [0.15, 0.2) is 0 Å². The second-order valence-corrected chi connectivity index (χ2v) is 5.02. The van der Waals surface area contributed by atoms with Crippen LogP contribution in [-0.4, -0.2) is 32.3 Å². The van der Waals surface area contributed by atoms with Crippen LogP contribution in [0.4, 0.5) is 0 Å². The molecule has 0 atom stereocenters. The average Bonchev–Trinajstić information content (AvgIpc) is 2.53. The molecule has 0 aliphatic carbocycles. The van der Waals surface area contributed by atoms with Gasteiger partial charge in [-0.1, -0.05) is 19.1 Å². The molecule has 1 aliphatic heterocycles. The second-order valence-electron chi connectivity index (χ2n) is 5.02. The highest BCUT2D eigenvalue weighted by Gasteiger charge is 2.20. The highest BCUT2D eigenvalue weighted by atomic mass is 16.5. The molecular formula is C16H23NO3. The standard InChI is InChI=1S/C16H23NO3/c1-2-13-3-5-15(6-4-13)20-12-9-17-16(18)14-7-10-19-11-8-14/h3-6,14H,2,7-12H2,1H3,(H,17,18). The molecule has 4 nitrogen and oxygen atoms in total. The largest absolute Gasteiger partial charge is 0.492 e. The minimum Gasteiger partial charge on any atom is -0.492 e. The molecular weight excluding hydrogens is 254 g/mol. The van der Waals surface area contributed by atoms with Crippen LogP contribution in [-0.2, 0) is 16.0 Å². The maximum atomic E-state index is 11.9. The van der Waals surface area contributed by atoms with Crippen LogP contribution in [0.5, 0.6) is 5.75 Å². The maximum Gasteiger partial charge on any atom is 0.223 e. The Balaban J connectivity index is 1.64. The number of rotatable bonds is 6. The molecule has 1 N–H and O–H groups in total. The minimum atomic E-state index is 0.104. The van der Waals surface area contributed by atoms with Crippen molar-refractivity contribution in [2.45, 2.75) is 26.2 Å². The van der Waals surface area contributed by atoms with Crippen LogP contribution in [0.1, 0.15) is 25.3 Å². The first-order chi connectivity index (χ1) is 9.79. The second kappa shape index (κ2) is 7.90. The first kappa shape index (κ1) is 14.9. The zero-order chi connectivity index (χ0) is 14.2. The summed E-state index contributed by atoms with van der Waals surface area (Å²) in [5.41, 5.74) is 1.30. The molecule has 1 aromatic carbocycles. The van der Waals surface area contributed by atoms with E-state index in [-0.39, 0.29) is 11.8 Å². The average molecular weight is 277 g/mol. The van der Waals surface area contributed by atoms with Crippen molar-refractivity contribution < 1.29 is 14.3 Å². The number of carbonyl (C=O) groups excluding carboxylic acids is 1. The fraction of sp³-hybridized carbons (Fsp3) is 0.562. The molecule has 0 saturated carbocycles. The molecule has 0 bridgehead atoms. The van der Waals surface area contributed by atoms with Gasteiger partial charge in [-0.3, -0.25) is 4.79 Å². The molecule has 1 amide bonds. The molecule has 110 valence electrons. The predicted molar refractivity (Wildman–Crippen MR) is 77.9 cm³/mol. The number of carbonyl (C=O) groups is 1. The fourth-order valence-electron chi connectivity index (χ4n) is 2.27. The van der Waals surface area contributed by atoms with E-state index < -0.39 is 0 Å². The van der Waals surface area contributed by atoms with E-state index in [9.17, 15) is 4.79 Å². The Hall–Kier alpha value is -1.55. The Bertz CT molecular complexity index is 410. The summed E-state index contributed by atoms with van der Waals surface area (Å²) in [6, 6.07) is 8.07. The smallest absolute Gasteiger partial charge is 0.223 e. The van der Waals surface area contributed by atoms with Crippen molar-refractivity contribution in [2.24, 2.45) is 5.92 Å². The van der Waals surface area contributed by atoms with E-state index in [1.54, 1.807) is 0 Å². The van der Waals surface area contributed by atoms with Crippen molar-refractivity contribution in [3.05, 3.63) is 29.8 Å². The van der Waals surface area contributed by atoms with E-state index in [1.165, 1.54) is 5.56 Å². The quantitative estimate of drug-likeness (QED) is 0.811. The van der Waals surface area contributed by atoms with Gasteiger partial charge in [-0.2, -0.15) is 0 Å². The van der Waals surface area contributed by atoms with E-state index in [4.69, 9.17) is 9.47 Å². The first-order valence-electron chi connectivity index (χ1n) is 7.37. The van der Waals surface area contributed by atoms with Crippen molar-refractivity contribution in [1.29, 1.82) is 0 Å². The van der Waals surface area contributed by atoms with Crippen molar-refractivity contribution in [1.82, 2.24) is 5.32 Å². The number of hydrogen-bond donors (Lipinski definition) is 1. The van der Waals surface area contributed by atoms with Crippen LogP contribution in [0.15, 0.2) is 24.3 Å². The van der Waals surface area contributed by atoms with Crippen molar-refractivity contribution in [2.75, 3.05) is 26.4 Å². The zero-order valence-corrected chi connectivity index (χ0v) is 12.1. The van der Waals surface area contributed by atoms with Crippen molar-refractivity contribution in [3.8, 4) is 5.75 Å². The Morgan fingerprint density at radius 2 is 2.00 bits per heavy atom. The van der Waals surface area contributed by atoms with Gasteiger partial charge < -0.3 is 14.8 Å². The zero-order valence-electron chi connectivity index (χ0n) is 12.1. The Morgan fingerprint density at radius 3 is 2.65 bits per heavy atom. The molecule has 4 heteroatoms. The number of ether oxygens (including phenoxy) is 2. The van der Waals surface area contributed by atoms with Gasteiger partial charge in [0.05, 0.1) is 6.54 Å². The highest BCUT2D eigenvalue weighted by Crippen LogP contribution is 2.14. The summed E-state index contributed by atoms with van der Waals surface area (Å²) < 4.78 is 10.9. The Morgan fingerprint density at radius 1 is 1.30 bits per heavy atom. The highest BCUT2D eigenvalue weighted by molar-refractivity contribution is 5.78. The number of benzene rings is 1. The lowest BCUT2D eigenvalue weighted by atomic mass is 9.99. The van der Waals surface area contributed by atoms with Gasteiger partial charge in [-0.15, -0.1) is 0 Å². The Kier molecular flexibility index (Phi) is 5.87. The lowest BCUT2D eigenvalue weighted by Crippen LogP contribution is -2.36. The predicted octanol–water partition coefficient (Wildman–Crippen LogP) is 2.17. The molecule has 1 fully saturated rings. The summed E-state index contributed by atoms with van der Waals surface area (Å²) >= 11 is 0. The summed E-state index contributed by atoms with van der Waals surface area (Å²) in [5.74, 6) is 1.08. The van der Waals surface area contributed by atoms with E-state index >= 15 is 0 Å². The monoisotopic (exact) mass is 277 g/mol. The normalized spacial score (nSPS) is 15.8. The third kappa shape index (κ3) is 4.53. The van der Waals surface area contributed by atoms with Gasteiger partial charge in [0.1, 0.15) is 12.4 Å². The van der Waals surface area contributed by atoms with Gasteiger partial charge in [-0.05, 0) is 37.0 Å². The van der Waals surface area contributed by atoms with Gasteiger partial charge in [0, 0.05) is 19.1 Å². The van der Waals surface area contributed by atoms with Crippen LogP contribution in [0.3, 0.4) is 0 Å². The number of nitrogens with one attached hydrogen (secondary N) is 1. The fourth-order valence-corrected chi connectivity index (χ4v) is 2.27. The number of amides is 1. The SMILES string of the molecule is CCc1ccc(OCCNC(=O)C2CCOCC2)cc1. The lowest BCUT2D eigenvalue weighted by Gasteiger charge is -2.21. The van der Waals surface area contributed by atoms with E-state index in [2.05, 4.69) is 24.4 Å². The third-order valence-corrected chi connectivity index (χ3v) is 3.59. The molecule has 0 radical (unpaired) electrons. The summed E-state index contributed by atoms with van der Waals surface area (Å²) in [4.78, 5) is 11.9. The van der Waals surface area contributed by atoms with E-state index in [1.807, 2.05) is 12.1 Å². The Labute approximate surface area is 120 Å². The molecule has 20 heavy (non-hydrogen) atoms. The molecule has 0 unspecified atom stereocenters. The van der Waals surface area contributed by atoms with Crippen LogP contribution >= 0.6 is 0 Å².